The molecule has 0 aliphatic rings. The van der Waals surface area contributed by atoms with E-state index in [1.807, 2.05) is 0 Å². The van der Waals surface area contributed by atoms with Crippen LogP contribution in [0.4, 0.5) is 0 Å². The summed E-state index contributed by atoms with van der Waals surface area (Å²) in [6.45, 7) is 3.34. The molecule has 0 rings (SSSR count). The monoisotopic (exact) mass is 644 g/mol. The summed E-state index contributed by atoms with van der Waals surface area (Å²) in [6, 6.07) is 0. The summed E-state index contributed by atoms with van der Waals surface area (Å²) < 4.78 is 0. The second-order valence-corrected chi connectivity index (χ2v) is 10.7. The van der Waals surface area contributed by atoms with Crippen LogP contribution in [0.15, 0.2) is 0 Å². The molecule has 0 radical (unpaired) electrons. The SMILES string of the molecule is NCCCNCCCCNC(=O)CN(CCN(CCN(CC(=O)[O-])CC(=O)NCCCCNCCCN)CC(=O)[O-])CC(=O)[O-]. The molecule has 0 bridgehead atoms. The third kappa shape index (κ3) is 28.3. The zero-order valence-corrected chi connectivity index (χ0v) is 26.5. The van der Waals surface area contributed by atoms with Gasteiger partial charge >= 0.3 is 0 Å². The molecule has 0 aliphatic carbocycles. The summed E-state index contributed by atoms with van der Waals surface area (Å²) in [5.74, 6) is -4.95. The fourth-order valence-electron chi connectivity index (χ4n) is 4.24. The molecule has 0 aromatic rings. The van der Waals surface area contributed by atoms with Gasteiger partial charge in [-0.2, -0.15) is 0 Å². The van der Waals surface area contributed by atoms with Crippen molar-refractivity contribution in [1.29, 1.82) is 0 Å². The van der Waals surface area contributed by atoms with Crippen LogP contribution >= 0.6 is 0 Å². The molecule has 0 atom stereocenters. The smallest absolute Gasteiger partial charge is 0.234 e. The molecule has 0 saturated carbocycles. The molecule has 262 valence electrons. The van der Waals surface area contributed by atoms with E-state index in [-0.39, 0.29) is 51.1 Å². The molecule has 0 aromatic heterocycles. The molecule has 0 saturated heterocycles. The van der Waals surface area contributed by atoms with Crippen molar-refractivity contribution in [3.8, 4) is 0 Å². The first-order valence-corrected chi connectivity index (χ1v) is 15.7. The number of hydrogen-bond donors (Lipinski definition) is 6. The van der Waals surface area contributed by atoms with Gasteiger partial charge in [0.1, 0.15) is 0 Å². The average Bonchev–Trinajstić information content (AvgIpc) is 2.96. The number of amides is 2. The highest BCUT2D eigenvalue weighted by molar-refractivity contribution is 5.79. The van der Waals surface area contributed by atoms with Crippen LogP contribution < -0.4 is 48.1 Å². The Bertz CT molecular complexity index is 780. The van der Waals surface area contributed by atoms with E-state index in [0.29, 0.717) is 26.2 Å². The number of nitrogens with two attached hydrogens (primary N) is 2. The zero-order valence-electron chi connectivity index (χ0n) is 26.5. The molecule has 2 amide bonds. The van der Waals surface area contributed by atoms with Crippen molar-refractivity contribution in [2.24, 2.45) is 11.5 Å². The van der Waals surface area contributed by atoms with E-state index >= 15 is 0 Å². The molecular weight excluding hydrogens is 590 g/mol. The first-order valence-electron chi connectivity index (χ1n) is 15.7. The topological polar surface area (TPSA) is 264 Å². The van der Waals surface area contributed by atoms with Gasteiger partial charge in [0.25, 0.3) is 0 Å². The molecule has 0 aromatic carbocycles. The summed E-state index contributed by atoms with van der Waals surface area (Å²) in [6.07, 6.45) is 4.92. The Balaban J connectivity index is 4.78. The largest absolute Gasteiger partial charge is 0.549 e. The number of carbonyl (C=O) groups is 5. The van der Waals surface area contributed by atoms with Gasteiger partial charge in [-0.05, 0) is 77.8 Å². The van der Waals surface area contributed by atoms with E-state index in [1.54, 1.807) is 0 Å². The van der Waals surface area contributed by atoms with Crippen LogP contribution in [0.5, 0.6) is 0 Å². The van der Waals surface area contributed by atoms with Crippen LogP contribution in [0.3, 0.4) is 0 Å². The number of carbonyl (C=O) groups excluding carboxylic acids is 5. The van der Waals surface area contributed by atoms with Gasteiger partial charge in [-0.3, -0.25) is 24.3 Å². The number of nitrogens with one attached hydrogen (secondary N) is 4. The second kappa shape index (κ2) is 28.5. The average molecular weight is 645 g/mol. The van der Waals surface area contributed by atoms with E-state index in [1.165, 1.54) is 14.7 Å². The van der Waals surface area contributed by atoms with E-state index < -0.39 is 37.5 Å². The van der Waals surface area contributed by atoms with Crippen LogP contribution in [0, 0.1) is 0 Å². The molecular formula is C28H54N9O8-3. The number of carboxylic acids is 3. The quantitative estimate of drug-likeness (QED) is 0.0372. The summed E-state index contributed by atoms with van der Waals surface area (Å²) in [7, 11) is 0. The fraction of sp³-hybridized carbons (Fsp3) is 0.821. The third-order valence-corrected chi connectivity index (χ3v) is 6.58. The van der Waals surface area contributed by atoms with Crippen molar-refractivity contribution in [1.82, 2.24) is 36.0 Å². The number of aliphatic carboxylic acids is 3. The standard InChI is InChI=1S/C28H57N9O8/c29-7-5-11-31-9-1-3-13-33-24(38)19-36(22-27(42)43)17-15-35(21-26(40)41)16-18-37(23-28(44)45)20-25(39)34-14-4-2-10-32-12-6-8-30/h31-32H,1-23,29-30H2,(H,33,38)(H,34,39)(H,40,41)(H,42,43)(H,44,45)/p-3. The lowest BCUT2D eigenvalue weighted by Crippen LogP contribution is -2.50. The summed E-state index contributed by atoms with van der Waals surface area (Å²) >= 11 is 0. The van der Waals surface area contributed by atoms with Crippen molar-refractivity contribution in [3.05, 3.63) is 0 Å². The Morgan fingerprint density at radius 3 is 1.11 bits per heavy atom. The predicted molar refractivity (Wildman–Crippen MR) is 162 cm³/mol. The maximum Gasteiger partial charge on any atom is 0.234 e. The number of hydrogen-bond acceptors (Lipinski definition) is 15. The molecule has 8 N–H and O–H groups in total. The highest BCUT2D eigenvalue weighted by Gasteiger charge is 2.16. The Morgan fingerprint density at radius 1 is 0.444 bits per heavy atom. The third-order valence-electron chi connectivity index (χ3n) is 6.58. The van der Waals surface area contributed by atoms with E-state index in [2.05, 4.69) is 21.3 Å². The van der Waals surface area contributed by atoms with Crippen molar-refractivity contribution in [2.45, 2.75) is 38.5 Å². The maximum absolute atomic E-state index is 12.4. The van der Waals surface area contributed by atoms with Gasteiger partial charge in [0.05, 0.1) is 31.0 Å². The van der Waals surface area contributed by atoms with Crippen LogP contribution in [-0.2, 0) is 24.0 Å². The molecule has 0 fully saturated rings. The first-order chi connectivity index (χ1) is 21.6. The lowest BCUT2D eigenvalue weighted by atomic mass is 10.3. The maximum atomic E-state index is 12.4. The second-order valence-electron chi connectivity index (χ2n) is 10.7. The Hall–Kier alpha value is -2.93. The van der Waals surface area contributed by atoms with Crippen LogP contribution in [0.25, 0.3) is 0 Å². The molecule has 45 heavy (non-hydrogen) atoms. The molecule has 0 unspecified atom stereocenters. The summed E-state index contributed by atoms with van der Waals surface area (Å²) in [5, 5.41) is 45.9. The van der Waals surface area contributed by atoms with Gasteiger partial charge < -0.3 is 62.4 Å². The van der Waals surface area contributed by atoms with Gasteiger partial charge in [0, 0.05) is 58.9 Å². The number of nitrogens with zero attached hydrogens (tertiary/aromatic N) is 3. The minimum Gasteiger partial charge on any atom is -0.549 e. The molecule has 0 heterocycles. The van der Waals surface area contributed by atoms with E-state index in [0.717, 1.165) is 64.7 Å². The number of carboxylic acid groups (broad SMARTS) is 3. The van der Waals surface area contributed by atoms with E-state index in [4.69, 9.17) is 11.5 Å². The lowest BCUT2D eigenvalue weighted by Gasteiger charge is -2.30. The Morgan fingerprint density at radius 2 is 0.756 bits per heavy atom. The minimum absolute atomic E-state index is 0.0157. The van der Waals surface area contributed by atoms with Crippen molar-refractivity contribution >= 4 is 29.7 Å². The number of unbranched alkanes of at least 4 members (excludes halogenated alkanes) is 2. The zero-order chi connectivity index (χ0) is 33.7. The lowest BCUT2D eigenvalue weighted by molar-refractivity contribution is -0.308. The summed E-state index contributed by atoms with van der Waals surface area (Å²) in [5.41, 5.74) is 10.9. The highest BCUT2D eigenvalue weighted by atomic mass is 16.4. The van der Waals surface area contributed by atoms with Gasteiger partial charge in [-0.15, -0.1) is 0 Å². The van der Waals surface area contributed by atoms with Crippen LogP contribution in [-0.4, -0.2) is 156 Å². The Kier molecular flexibility index (Phi) is 26.7. The molecule has 0 spiro atoms. The normalized spacial score (nSPS) is 11.3. The van der Waals surface area contributed by atoms with Crippen LogP contribution in [0.1, 0.15) is 38.5 Å². The molecule has 17 nitrogen and oxygen atoms in total. The fourth-order valence-corrected chi connectivity index (χ4v) is 4.24. The van der Waals surface area contributed by atoms with Crippen molar-refractivity contribution < 1.29 is 39.3 Å². The molecule has 0 aliphatic heterocycles. The number of rotatable bonds is 32. The van der Waals surface area contributed by atoms with Crippen molar-refractivity contribution in [2.75, 3.05) is 111 Å². The Labute approximate surface area is 266 Å². The van der Waals surface area contributed by atoms with Crippen molar-refractivity contribution in [3.63, 3.8) is 0 Å². The highest BCUT2D eigenvalue weighted by Crippen LogP contribution is 1.97. The van der Waals surface area contributed by atoms with Crippen LogP contribution in [0.2, 0.25) is 0 Å². The van der Waals surface area contributed by atoms with Gasteiger partial charge in [0.15, 0.2) is 0 Å². The van der Waals surface area contributed by atoms with E-state index in [9.17, 15) is 39.3 Å². The summed E-state index contributed by atoms with van der Waals surface area (Å²) in [4.78, 5) is 62.8. The molecule has 17 heteroatoms. The van der Waals surface area contributed by atoms with Gasteiger partial charge in [0.2, 0.25) is 11.8 Å². The predicted octanol–water partition coefficient (Wildman–Crippen LogP) is -7.19. The first kappa shape index (κ1) is 42.1. The minimum atomic E-state index is -1.40. The van der Waals surface area contributed by atoms with Gasteiger partial charge in [-0.25, -0.2) is 0 Å². The van der Waals surface area contributed by atoms with Gasteiger partial charge in [-0.1, -0.05) is 0 Å².